The number of benzene rings is 1. The summed E-state index contributed by atoms with van der Waals surface area (Å²) in [7, 11) is -1.43. The van der Waals surface area contributed by atoms with E-state index in [1.54, 1.807) is 48.6 Å². The maximum absolute atomic E-state index is 13.1. The molecule has 0 saturated carbocycles. The predicted octanol–water partition coefficient (Wildman–Crippen LogP) is 4.55. The lowest BCUT2D eigenvalue weighted by atomic mass is 9.82. The average Bonchev–Trinajstić information content (AvgIpc) is 3.55. The van der Waals surface area contributed by atoms with Crippen molar-refractivity contribution in [2.45, 2.75) is 38.5 Å². The van der Waals surface area contributed by atoms with Crippen LogP contribution in [0.5, 0.6) is 11.5 Å². The van der Waals surface area contributed by atoms with Gasteiger partial charge in [-0.05, 0) is 24.6 Å². The second-order valence-corrected chi connectivity index (χ2v) is 16.0. The molecule has 0 radical (unpaired) electrons. The summed E-state index contributed by atoms with van der Waals surface area (Å²) in [5.41, 5.74) is -0.520. The topological polar surface area (TPSA) is 130 Å². The maximum atomic E-state index is 13.1. The van der Waals surface area contributed by atoms with Gasteiger partial charge in [0, 0.05) is 14.5 Å². The minimum atomic E-state index is -1.43. The Balaban J connectivity index is 1.68. The summed E-state index contributed by atoms with van der Waals surface area (Å²) in [5, 5.41) is 23.2. The van der Waals surface area contributed by atoms with E-state index >= 15 is 0 Å². The van der Waals surface area contributed by atoms with Gasteiger partial charge in [-0.1, -0.05) is 68.2 Å². The van der Waals surface area contributed by atoms with Crippen molar-refractivity contribution < 1.29 is 34.1 Å². The summed E-state index contributed by atoms with van der Waals surface area (Å²) in [6, 6.07) is 3.15. The van der Waals surface area contributed by atoms with Gasteiger partial charge >= 0.3 is 5.97 Å². The van der Waals surface area contributed by atoms with Crippen LogP contribution in [-0.4, -0.2) is 48.3 Å². The Hall–Kier alpha value is -3.72. The number of rotatable bonds is 12. The first-order chi connectivity index (χ1) is 17.5. The van der Waals surface area contributed by atoms with E-state index in [-0.39, 0.29) is 42.3 Å². The third-order valence-corrected chi connectivity index (χ3v) is 7.93. The van der Waals surface area contributed by atoms with Crippen molar-refractivity contribution in [1.82, 2.24) is 0 Å². The molecule has 1 amide bonds. The van der Waals surface area contributed by atoms with Crippen LogP contribution in [0.3, 0.4) is 0 Å². The fourth-order valence-electron chi connectivity index (χ4n) is 4.01. The van der Waals surface area contributed by atoms with E-state index in [9.17, 15) is 29.4 Å². The molecule has 0 atom stereocenters. The largest absolute Gasteiger partial charge is 0.506 e. The number of ketones is 2. The minimum absolute atomic E-state index is 0.0419. The van der Waals surface area contributed by atoms with Crippen LogP contribution in [0.15, 0.2) is 60.7 Å². The highest BCUT2D eigenvalue weighted by molar-refractivity contribution is 6.76. The van der Waals surface area contributed by atoms with Gasteiger partial charge < -0.3 is 20.3 Å². The van der Waals surface area contributed by atoms with E-state index in [0.29, 0.717) is 0 Å². The van der Waals surface area contributed by atoms with Crippen LogP contribution in [0.2, 0.25) is 25.7 Å². The standard InChI is InChI=1S/C28H33NO7Si/c1-37(2,3)17-16-36-28(35)21-12-14-22(30)24(27(21)34)29-23(31)15-13-20(25(32)18-8-4-5-9-18)26(33)19-10-6-7-11-19/h4-12,14,18-20,30,34H,13,15-17H2,1-3H3,(H,29,31). The van der Waals surface area contributed by atoms with Gasteiger partial charge in [0.15, 0.2) is 17.3 Å². The SMILES string of the molecule is C[Si](C)(C)CCOC(=O)c1ccc(O)c(NC(=O)CCC(C(=O)C2C=CC=C2)C(=O)C2C=CC=C2)c1O. The highest BCUT2D eigenvalue weighted by Crippen LogP contribution is 2.37. The molecule has 9 heteroatoms. The molecule has 2 aliphatic carbocycles. The Morgan fingerprint density at radius 3 is 1.97 bits per heavy atom. The Bertz CT molecular complexity index is 1130. The molecule has 2 aliphatic rings. The molecule has 196 valence electrons. The summed E-state index contributed by atoms with van der Waals surface area (Å²) in [6.07, 6.45) is 13.5. The van der Waals surface area contributed by atoms with Crippen molar-refractivity contribution >= 4 is 37.2 Å². The summed E-state index contributed by atoms with van der Waals surface area (Å²) < 4.78 is 5.26. The number of ether oxygens (including phenoxy) is 1. The molecule has 0 unspecified atom stereocenters. The van der Waals surface area contributed by atoms with Crippen molar-refractivity contribution in [1.29, 1.82) is 0 Å². The van der Waals surface area contributed by atoms with Gasteiger partial charge in [-0.15, -0.1) is 0 Å². The van der Waals surface area contributed by atoms with Gasteiger partial charge in [0.05, 0.1) is 24.4 Å². The van der Waals surface area contributed by atoms with E-state index in [0.717, 1.165) is 6.04 Å². The van der Waals surface area contributed by atoms with Gasteiger partial charge in [0.1, 0.15) is 17.0 Å². The van der Waals surface area contributed by atoms with Crippen LogP contribution >= 0.6 is 0 Å². The number of nitrogens with one attached hydrogen (secondary N) is 1. The number of amides is 1. The van der Waals surface area contributed by atoms with Gasteiger partial charge in [0.2, 0.25) is 5.91 Å². The number of allylic oxidation sites excluding steroid dienone is 8. The van der Waals surface area contributed by atoms with Crippen molar-refractivity contribution in [2.75, 3.05) is 11.9 Å². The van der Waals surface area contributed by atoms with Crippen LogP contribution in [-0.2, 0) is 19.1 Å². The number of anilines is 1. The lowest BCUT2D eigenvalue weighted by Crippen LogP contribution is -2.32. The van der Waals surface area contributed by atoms with Crippen LogP contribution < -0.4 is 5.32 Å². The molecule has 0 saturated heterocycles. The number of esters is 1. The summed E-state index contributed by atoms with van der Waals surface area (Å²) in [4.78, 5) is 51.3. The minimum Gasteiger partial charge on any atom is -0.506 e. The smallest absolute Gasteiger partial charge is 0.341 e. The molecule has 3 N–H and O–H groups in total. The van der Waals surface area contributed by atoms with Crippen molar-refractivity contribution in [3.63, 3.8) is 0 Å². The van der Waals surface area contributed by atoms with Gasteiger partial charge in [-0.2, -0.15) is 0 Å². The Kier molecular flexibility index (Phi) is 9.04. The zero-order chi connectivity index (χ0) is 27.2. The fraction of sp³-hybridized carbons (Fsp3) is 0.357. The molecule has 3 rings (SSSR count). The normalized spacial score (nSPS) is 15.0. The molecule has 0 aromatic heterocycles. The molecule has 0 fully saturated rings. The van der Waals surface area contributed by atoms with Crippen LogP contribution in [0.4, 0.5) is 5.69 Å². The maximum Gasteiger partial charge on any atom is 0.341 e. The molecule has 1 aromatic carbocycles. The number of hydrogen-bond donors (Lipinski definition) is 3. The molecular weight excluding hydrogens is 490 g/mol. The van der Waals surface area contributed by atoms with E-state index in [4.69, 9.17) is 4.74 Å². The molecule has 0 aliphatic heterocycles. The van der Waals surface area contributed by atoms with Gasteiger partial charge in [-0.25, -0.2) is 4.79 Å². The number of phenols is 2. The number of phenolic OH excluding ortho intramolecular Hbond substituents is 2. The summed E-state index contributed by atoms with van der Waals surface area (Å²) in [6.45, 7) is 6.62. The van der Waals surface area contributed by atoms with Crippen molar-refractivity contribution in [3.05, 3.63) is 66.3 Å². The van der Waals surface area contributed by atoms with Crippen molar-refractivity contribution in [3.8, 4) is 11.5 Å². The zero-order valence-corrected chi connectivity index (χ0v) is 22.3. The third kappa shape index (κ3) is 7.39. The third-order valence-electron chi connectivity index (χ3n) is 6.23. The second kappa shape index (κ2) is 12.0. The number of hydrogen-bond acceptors (Lipinski definition) is 7. The molecule has 37 heavy (non-hydrogen) atoms. The average molecular weight is 524 g/mol. The quantitative estimate of drug-likeness (QED) is 0.159. The lowest BCUT2D eigenvalue weighted by molar-refractivity contribution is -0.134. The molecule has 8 nitrogen and oxygen atoms in total. The van der Waals surface area contributed by atoms with Crippen LogP contribution in [0.25, 0.3) is 0 Å². The van der Waals surface area contributed by atoms with Crippen molar-refractivity contribution in [2.24, 2.45) is 17.8 Å². The van der Waals surface area contributed by atoms with E-state index in [2.05, 4.69) is 25.0 Å². The first kappa shape index (κ1) is 27.9. The highest BCUT2D eigenvalue weighted by Gasteiger charge is 2.34. The highest BCUT2D eigenvalue weighted by atomic mass is 28.3. The van der Waals surface area contributed by atoms with E-state index in [1.165, 1.54) is 12.1 Å². The number of aromatic hydroxyl groups is 2. The molecule has 0 heterocycles. The van der Waals surface area contributed by atoms with Gasteiger partial charge in [-0.3, -0.25) is 14.4 Å². The Labute approximate surface area is 217 Å². The molecule has 1 aromatic rings. The first-order valence-electron chi connectivity index (χ1n) is 12.3. The molecule has 0 bridgehead atoms. The lowest BCUT2D eigenvalue weighted by Gasteiger charge is -2.19. The van der Waals surface area contributed by atoms with Crippen LogP contribution in [0.1, 0.15) is 23.2 Å². The fourth-order valence-corrected chi connectivity index (χ4v) is 4.72. The Morgan fingerprint density at radius 2 is 1.46 bits per heavy atom. The molecular formula is C28H33NO7Si. The second-order valence-electron chi connectivity index (χ2n) is 10.3. The van der Waals surface area contributed by atoms with Crippen LogP contribution in [0, 0.1) is 17.8 Å². The van der Waals surface area contributed by atoms with E-state index < -0.39 is 49.2 Å². The number of carbonyl (C=O) groups excluding carboxylic acids is 4. The van der Waals surface area contributed by atoms with E-state index in [1.807, 2.05) is 0 Å². The van der Waals surface area contributed by atoms with Gasteiger partial charge in [0.25, 0.3) is 0 Å². The predicted molar refractivity (Wildman–Crippen MR) is 143 cm³/mol. The zero-order valence-electron chi connectivity index (χ0n) is 21.3. The first-order valence-corrected chi connectivity index (χ1v) is 16.0. The summed E-state index contributed by atoms with van der Waals surface area (Å²) in [5.74, 6) is -5.07. The summed E-state index contributed by atoms with van der Waals surface area (Å²) >= 11 is 0. The number of carbonyl (C=O) groups is 4. The Morgan fingerprint density at radius 1 is 0.919 bits per heavy atom. The monoisotopic (exact) mass is 523 g/mol. The number of Topliss-reactive ketones (excluding diaryl/α,β-unsaturated/α-hetero) is 2. The molecule has 0 spiro atoms.